The highest BCUT2D eigenvalue weighted by molar-refractivity contribution is 5.97. The molecule has 2 atom stereocenters. The fraction of sp³-hybridized carbons (Fsp3) is 0.242. The van der Waals surface area contributed by atoms with Crippen LogP contribution >= 0.6 is 0 Å². The maximum Gasteiger partial charge on any atom is 0.404 e. The summed E-state index contributed by atoms with van der Waals surface area (Å²) in [6.45, 7) is 0.579. The predicted octanol–water partition coefficient (Wildman–Crippen LogP) is 5.51. The normalized spacial score (nSPS) is 16.8. The minimum absolute atomic E-state index is 0.129. The number of para-hydroxylation sites is 1. The zero-order chi connectivity index (χ0) is 28.6. The predicted molar refractivity (Wildman–Crippen MR) is 157 cm³/mol. The van der Waals surface area contributed by atoms with Gasteiger partial charge in [-0.05, 0) is 65.4 Å². The molecule has 8 nitrogen and oxygen atoms in total. The largest absolute Gasteiger partial charge is 0.465 e. The Bertz CT molecular complexity index is 1510. The number of rotatable bonds is 11. The number of carbonyl (C=O) groups is 3. The number of benzene rings is 4. The highest BCUT2D eigenvalue weighted by atomic mass is 16.5. The van der Waals surface area contributed by atoms with Gasteiger partial charge >= 0.3 is 6.09 Å². The van der Waals surface area contributed by atoms with E-state index >= 15 is 0 Å². The molecule has 0 unspecified atom stereocenters. The monoisotopic (exact) mass is 551 g/mol. The van der Waals surface area contributed by atoms with Gasteiger partial charge in [0.15, 0.2) is 0 Å². The summed E-state index contributed by atoms with van der Waals surface area (Å²) in [5, 5.41) is 16.3. The minimum atomic E-state index is -1.08. The molecule has 0 spiro atoms. The van der Waals surface area contributed by atoms with Crippen molar-refractivity contribution in [2.24, 2.45) is 0 Å². The topological polar surface area (TPSA) is 108 Å². The second-order valence-electron chi connectivity index (χ2n) is 10.2. The first-order chi connectivity index (χ1) is 20.0. The van der Waals surface area contributed by atoms with Crippen LogP contribution in [0.5, 0.6) is 11.5 Å². The number of fused-ring (bicyclic) bond motifs is 1. The summed E-state index contributed by atoms with van der Waals surface area (Å²) in [5.74, 6) is 1.10. The molecule has 1 heterocycles. The molecule has 3 amide bonds. The molecule has 210 valence electrons. The Kier molecular flexibility index (Phi) is 8.79. The Hall–Kier alpha value is -4.85. The summed E-state index contributed by atoms with van der Waals surface area (Å²) in [5.41, 5.74) is 1.86. The Labute approximate surface area is 238 Å². The number of piperazine rings is 1. The van der Waals surface area contributed by atoms with Gasteiger partial charge in [-0.1, -0.05) is 72.8 Å². The van der Waals surface area contributed by atoms with Gasteiger partial charge in [-0.3, -0.25) is 9.59 Å². The number of nitrogens with one attached hydrogen (secondary N) is 2. The molecule has 1 fully saturated rings. The molecule has 1 aliphatic heterocycles. The standard InChI is InChI=1S/C33H33N3O5/c37-31-30(12-6-7-19-34-33(39)40)36(22-23-14-17-28(18-15-23)41-27-10-2-1-3-11-27)32(38)29(35-31)21-24-13-16-25-8-4-5-9-26(25)20-24/h1-5,8-11,13-18,20,29-30,34H,6-7,12,19,21-22H2,(H,35,37)(H,39,40)/t29-,30-/m0/s1. The van der Waals surface area contributed by atoms with Crippen molar-refractivity contribution >= 4 is 28.7 Å². The van der Waals surface area contributed by atoms with Crippen LogP contribution in [0.2, 0.25) is 0 Å². The third-order valence-electron chi connectivity index (χ3n) is 7.27. The van der Waals surface area contributed by atoms with Crippen molar-refractivity contribution < 1.29 is 24.2 Å². The molecule has 4 aromatic rings. The van der Waals surface area contributed by atoms with E-state index in [-0.39, 0.29) is 18.4 Å². The number of ether oxygens (including phenoxy) is 1. The van der Waals surface area contributed by atoms with Crippen molar-refractivity contribution in [2.75, 3.05) is 6.54 Å². The Balaban J connectivity index is 1.31. The molecule has 5 rings (SSSR count). The summed E-state index contributed by atoms with van der Waals surface area (Å²) in [6.07, 6.45) is 0.932. The number of nitrogens with zero attached hydrogens (tertiary/aromatic N) is 1. The van der Waals surface area contributed by atoms with Crippen molar-refractivity contribution in [3.8, 4) is 11.5 Å². The van der Waals surface area contributed by atoms with Crippen molar-refractivity contribution in [1.82, 2.24) is 15.5 Å². The quantitative estimate of drug-likeness (QED) is 0.213. The van der Waals surface area contributed by atoms with Crippen LogP contribution in [0.3, 0.4) is 0 Å². The molecule has 41 heavy (non-hydrogen) atoms. The Morgan fingerprint density at radius 1 is 0.829 bits per heavy atom. The molecule has 0 bridgehead atoms. The lowest BCUT2D eigenvalue weighted by Crippen LogP contribution is -2.63. The second kappa shape index (κ2) is 13.0. The highest BCUT2D eigenvalue weighted by Gasteiger charge is 2.40. The fourth-order valence-corrected chi connectivity index (χ4v) is 5.18. The van der Waals surface area contributed by atoms with E-state index in [1.165, 1.54) is 0 Å². The van der Waals surface area contributed by atoms with Crippen LogP contribution in [0.1, 0.15) is 30.4 Å². The van der Waals surface area contributed by atoms with Crippen LogP contribution in [-0.4, -0.2) is 46.5 Å². The van der Waals surface area contributed by atoms with Crippen molar-refractivity contribution in [3.63, 3.8) is 0 Å². The molecule has 3 N–H and O–H groups in total. The minimum Gasteiger partial charge on any atom is -0.465 e. The lowest BCUT2D eigenvalue weighted by Gasteiger charge is -2.39. The lowest BCUT2D eigenvalue weighted by molar-refractivity contribution is -0.150. The summed E-state index contributed by atoms with van der Waals surface area (Å²) in [7, 11) is 0. The zero-order valence-corrected chi connectivity index (χ0v) is 22.7. The SMILES string of the molecule is O=C(O)NCCCC[C@H]1C(=O)N[C@@H](Cc2ccc3ccccc3c2)C(=O)N1Cc1ccc(Oc2ccccc2)cc1. The molecular formula is C33H33N3O5. The molecule has 1 aliphatic rings. The average molecular weight is 552 g/mol. The second-order valence-corrected chi connectivity index (χ2v) is 10.2. The Morgan fingerprint density at radius 2 is 1.51 bits per heavy atom. The molecule has 1 saturated heterocycles. The maximum absolute atomic E-state index is 13.8. The van der Waals surface area contributed by atoms with E-state index in [2.05, 4.69) is 16.7 Å². The van der Waals surface area contributed by atoms with Crippen LogP contribution in [0.25, 0.3) is 10.8 Å². The van der Waals surface area contributed by atoms with E-state index in [0.717, 1.165) is 27.6 Å². The molecule has 0 aromatic heterocycles. The first kappa shape index (κ1) is 27.7. The third kappa shape index (κ3) is 7.22. The van der Waals surface area contributed by atoms with Crippen LogP contribution in [0, 0.1) is 0 Å². The summed E-state index contributed by atoms with van der Waals surface area (Å²) in [6, 6.07) is 29.9. The van der Waals surface area contributed by atoms with Gasteiger partial charge in [0, 0.05) is 19.5 Å². The van der Waals surface area contributed by atoms with Gasteiger partial charge in [0.2, 0.25) is 11.8 Å². The summed E-state index contributed by atoms with van der Waals surface area (Å²) < 4.78 is 5.90. The van der Waals surface area contributed by atoms with Gasteiger partial charge in [0.25, 0.3) is 0 Å². The molecule has 4 aromatic carbocycles. The summed E-state index contributed by atoms with van der Waals surface area (Å²) >= 11 is 0. The number of carboxylic acid groups (broad SMARTS) is 1. The van der Waals surface area contributed by atoms with Gasteiger partial charge in [0.1, 0.15) is 23.6 Å². The molecule has 0 radical (unpaired) electrons. The van der Waals surface area contributed by atoms with E-state index in [0.29, 0.717) is 38.0 Å². The molecule has 0 aliphatic carbocycles. The number of unbranched alkanes of at least 4 members (excludes halogenated alkanes) is 1. The lowest BCUT2D eigenvalue weighted by atomic mass is 9.96. The molecule has 0 saturated carbocycles. The van der Waals surface area contributed by atoms with Crippen LogP contribution in [0.4, 0.5) is 4.79 Å². The van der Waals surface area contributed by atoms with Gasteiger partial charge in [-0.15, -0.1) is 0 Å². The van der Waals surface area contributed by atoms with Gasteiger partial charge in [-0.25, -0.2) is 4.79 Å². The molecular weight excluding hydrogens is 518 g/mol. The van der Waals surface area contributed by atoms with Gasteiger partial charge < -0.3 is 25.4 Å². The third-order valence-corrected chi connectivity index (χ3v) is 7.27. The smallest absolute Gasteiger partial charge is 0.404 e. The molecule has 8 heteroatoms. The maximum atomic E-state index is 13.8. The number of amides is 3. The first-order valence-corrected chi connectivity index (χ1v) is 13.8. The number of hydrogen-bond donors (Lipinski definition) is 3. The van der Waals surface area contributed by atoms with Crippen LogP contribution in [0.15, 0.2) is 97.1 Å². The fourth-order valence-electron chi connectivity index (χ4n) is 5.18. The van der Waals surface area contributed by atoms with E-state index in [9.17, 15) is 14.4 Å². The van der Waals surface area contributed by atoms with E-state index < -0.39 is 18.2 Å². The van der Waals surface area contributed by atoms with Crippen LogP contribution in [-0.2, 0) is 22.6 Å². The van der Waals surface area contributed by atoms with Crippen molar-refractivity contribution in [3.05, 3.63) is 108 Å². The van der Waals surface area contributed by atoms with Gasteiger partial charge in [0.05, 0.1) is 0 Å². The highest BCUT2D eigenvalue weighted by Crippen LogP contribution is 2.25. The van der Waals surface area contributed by atoms with E-state index in [1.54, 1.807) is 4.90 Å². The van der Waals surface area contributed by atoms with E-state index in [4.69, 9.17) is 9.84 Å². The van der Waals surface area contributed by atoms with Crippen molar-refractivity contribution in [2.45, 2.75) is 44.3 Å². The average Bonchev–Trinajstić information content (AvgIpc) is 2.98. The Morgan fingerprint density at radius 3 is 2.27 bits per heavy atom. The number of hydrogen-bond acceptors (Lipinski definition) is 4. The number of carbonyl (C=O) groups excluding carboxylic acids is 2. The first-order valence-electron chi connectivity index (χ1n) is 13.8. The van der Waals surface area contributed by atoms with Crippen LogP contribution < -0.4 is 15.4 Å². The van der Waals surface area contributed by atoms with Crippen molar-refractivity contribution in [1.29, 1.82) is 0 Å². The van der Waals surface area contributed by atoms with E-state index in [1.807, 2.05) is 91.0 Å². The zero-order valence-electron chi connectivity index (χ0n) is 22.7. The van der Waals surface area contributed by atoms with Gasteiger partial charge in [-0.2, -0.15) is 0 Å². The summed E-state index contributed by atoms with van der Waals surface area (Å²) in [4.78, 5) is 39.6.